The lowest BCUT2D eigenvalue weighted by Crippen LogP contribution is -2.43. The number of morpholine rings is 1. The molecule has 132 valence electrons. The summed E-state index contributed by atoms with van der Waals surface area (Å²) < 4.78 is 32.6. The molecule has 1 aromatic carbocycles. The predicted molar refractivity (Wildman–Crippen MR) is 92.2 cm³/mol. The number of nitrogens with zero attached hydrogens (tertiary/aromatic N) is 3. The summed E-state index contributed by atoms with van der Waals surface area (Å²) in [6.07, 6.45) is 0.188. The van der Waals surface area contributed by atoms with E-state index in [0.717, 1.165) is 24.2 Å². The summed E-state index contributed by atoms with van der Waals surface area (Å²) in [4.78, 5) is 2.49. The molecular formula is C17H25N3O3S. The number of nitriles is 1. The average molecular weight is 351 g/mol. The number of benzene rings is 1. The molecule has 1 heterocycles. The molecule has 7 heteroatoms. The van der Waals surface area contributed by atoms with Gasteiger partial charge in [-0.3, -0.25) is 4.90 Å². The van der Waals surface area contributed by atoms with Crippen LogP contribution >= 0.6 is 0 Å². The molecule has 1 aromatic rings. The number of hydrogen-bond acceptors (Lipinski definition) is 5. The van der Waals surface area contributed by atoms with E-state index in [-0.39, 0.29) is 13.0 Å². The summed E-state index contributed by atoms with van der Waals surface area (Å²) in [7, 11) is -3.59. The average Bonchev–Trinajstić information content (AvgIpc) is 2.58. The fourth-order valence-electron chi connectivity index (χ4n) is 2.63. The summed E-state index contributed by atoms with van der Waals surface area (Å²) in [6.45, 7) is 8.11. The maximum atomic E-state index is 12.9. The quantitative estimate of drug-likeness (QED) is 0.745. The standard InChI is InChI=1S/C17H25N3O3S/c1-15-4-5-17(14-16(15)2)24(21,22)20(7-3-6-18)9-8-19-10-12-23-13-11-19/h4-5,14H,3,7-13H2,1-2H3. The zero-order chi connectivity index (χ0) is 17.6. The summed E-state index contributed by atoms with van der Waals surface area (Å²) in [5.41, 5.74) is 2.01. The zero-order valence-electron chi connectivity index (χ0n) is 14.4. The molecule has 1 aliphatic heterocycles. The van der Waals surface area contributed by atoms with Gasteiger partial charge in [-0.05, 0) is 37.1 Å². The molecule has 1 aliphatic rings. The van der Waals surface area contributed by atoms with Crippen LogP contribution in [0.15, 0.2) is 23.1 Å². The minimum absolute atomic E-state index is 0.188. The molecular weight excluding hydrogens is 326 g/mol. The first kappa shape index (κ1) is 18.9. The van der Waals surface area contributed by atoms with Crippen molar-refractivity contribution < 1.29 is 13.2 Å². The lowest BCUT2D eigenvalue weighted by Gasteiger charge is -2.29. The molecule has 2 rings (SSSR count). The van der Waals surface area contributed by atoms with Crippen molar-refractivity contribution in [1.29, 1.82) is 5.26 Å². The first-order valence-electron chi connectivity index (χ1n) is 8.19. The minimum atomic E-state index is -3.59. The van der Waals surface area contributed by atoms with Gasteiger partial charge in [-0.15, -0.1) is 0 Å². The largest absolute Gasteiger partial charge is 0.379 e. The van der Waals surface area contributed by atoms with E-state index >= 15 is 0 Å². The highest BCUT2D eigenvalue weighted by Crippen LogP contribution is 2.19. The van der Waals surface area contributed by atoms with Crippen LogP contribution in [0.5, 0.6) is 0 Å². The van der Waals surface area contributed by atoms with E-state index in [1.807, 2.05) is 26.0 Å². The van der Waals surface area contributed by atoms with Crippen LogP contribution in [0.1, 0.15) is 17.5 Å². The van der Waals surface area contributed by atoms with Gasteiger partial charge in [-0.1, -0.05) is 6.07 Å². The van der Waals surface area contributed by atoms with Crippen molar-refractivity contribution >= 4 is 10.0 Å². The molecule has 0 bridgehead atoms. The third kappa shape index (κ3) is 4.77. The smallest absolute Gasteiger partial charge is 0.243 e. The Kier molecular flexibility index (Phi) is 6.75. The Bertz CT molecular complexity index is 692. The third-order valence-electron chi connectivity index (χ3n) is 4.36. The number of aryl methyl sites for hydroxylation is 2. The zero-order valence-corrected chi connectivity index (χ0v) is 15.2. The van der Waals surface area contributed by atoms with Gasteiger partial charge in [0.05, 0.1) is 24.2 Å². The number of sulfonamides is 1. The molecule has 0 aromatic heterocycles. The normalized spacial score (nSPS) is 16.2. The molecule has 0 saturated carbocycles. The van der Waals surface area contributed by atoms with Gasteiger partial charge in [0.1, 0.15) is 0 Å². The molecule has 0 aliphatic carbocycles. The van der Waals surface area contributed by atoms with Crippen molar-refractivity contribution in [2.45, 2.75) is 25.2 Å². The van der Waals surface area contributed by atoms with Gasteiger partial charge in [0, 0.05) is 39.1 Å². The van der Waals surface area contributed by atoms with E-state index in [1.165, 1.54) is 4.31 Å². The van der Waals surface area contributed by atoms with Crippen LogP contribution in [-0.2, 0) is 14.8 Å². The lowest BCUT2D eigenvalue weighted by atomic mass is 10.1. The SMILES string of the molecule is Cc1ccc(S(=O)(=O)N(CCC#N)CCN2CCOCC2)cc1C. The van der Waals surface area contributed by atoms with Gasteiger partial charge >= 0.3 is 0 Å². The molecule has 6 nitrogen and oxygen atoms in total. The molecule has 0 atom stereocenters. The van der Waals surface area contributed by atoms with Crippen LogP contribution in [0.3, 0.4) is 0 Å². The second kappa shape index (κ2) is 8.58. The second-order valence-electron chi connectivity index (χ2n) is 6.01. The third-order valence-corrected chi connectivity index (χ3v) is 6.25. The summed E-state index contributed by atoms with van der Waals surface area (Å²) >= 11 is 0. The van der Waals surface area contributed by atoms with E-state index in [9.17, 15) is 8.42 Å². The Morgan fingerprint density at radius 3 is 2.54 bits per heavy atom. The first-order chi connectivity index (χ1) is 11.4. The highest BCUT2D eigenvalue weighted by atomic mass is 32.2. The van der Waals surface area contributed by atoms with Gasteiger partial charge < -0.3 is 4.74 Å². The van der Waals surface area contributed by atoms with Crippen LogP contribution < -0.4 is 0 Å². The molecule has 0 radical (unpaired) electrons. The topological polar surface area (TPSA) is 73.6 Å². The molecule has 1 fully saturated rings. The fraction of sp³-hybridized carbons (Fsp3) is 0.588. The van der Waals surface area contributed by atoms with Crippen LogP contribution in [0.2, 0.25) is 0 Å². The van der Waals surface area contributed by atoms with E-state index in [4.69, 9.17) is 10.00 Å². The van der Waals surface area contributed by atoms with Gasteiger partial charge in [0.25, 0.3) is 0 Å². The minimum Gasteiger partial charge on any atom is -0.379 e. The molecule has 24 heavy (non-hydrogen) atoms. The Morgan fingerprint density at radius 2 is 1.92 bits per heavy atom. The van der Waals surface area contributed by atoms with Crippen LogP contribution in [0.4, 0.5) is 0 Å². The van der Waals surface area contributed by atoms with Crippen LogP contribution in [0.25, 0.3) is 0 Å². The molecule has 1 saturated heterocycles. The van der Waals surface area contributed by atoms with Crippen LogP contribution in [0, 0.1) is 25.2 Å². The monoisotopic (exact) mass is 351 g/mol. The molecule has 0 N–H and O–H groups in total. The van der Waals surface area contributed by atoms with Crippen LogP contribution in [-0.4, -0.2) is 63.6 Å². The van der Waals surface area contributed by atoms with Crippen molar-refractivity contribution in [2.75, 3.05) is 45.9 Å². The van der Waals surface area contributed by atoms with Gasteiger partial charge in [0.15, 0.2) is 0 Å². The van der Waals surface area contributed by atoms with Crippen molar-refractivity contribution in [3.63, 3.8) is 0 Å². The first-order valence-corrected chi connectivity index (χ1v) is 9.63. The molecule has 0 amide bonds. The second-order valence-corrected chi connectivity index (χ2v) is 7.95. The number of rotatable bonds is 7. The Labute approximate surface area is 144 Å². The Balaban J connectivity index is 2.14. The van der Waals surface area contributed by atoms with E-state index in [0.29, 0.717) is 31.2 Å². The van der Waals surface area contributed by atoms with Crippen molar-refractivity contribution in [3.05, 3.63) is 29.3 Å². The molecule has 0 spiro atoms. The Hall–Kier alpha value is -1.46. The maximum Gasteiger partial charge on any atom is 0.243 e. The van der Waals surface area contributed by atoms with Gasteiger partial charge in [0.2, 0.25) is 10.0 Å². The number of hydrogen-bond donors (Lipinski definition) is 0. The van der Waals surface area contributed by atoms with Crippen molar-refractivity contribution in [2.24, 2.45) is 0 Å². The summed E-state index contributed by atoms with van der Waals surface area (Å²) in [5, 5.41) is 8.85. The Morgan fingerprint density at radius 1 is 1.21 bits per heavy atom. The summed E-state index contributed by atoms with van der Waals surface area (Å²) in [6, 6.07) is 7.22. The highest BCUT2D eigenvalue weighted by molar-refractivity contribution is 7.89. The molecule has 0 unspecified atom stereocenters. The van der Waals surface area contributed by atoms with Gasteiger partial charge in [-0.25, -0.2) is 8.42 Å². The highest BCUT2D eigenvalue weighted by Gasteiger charge is 2.25. The predicted octanol–water partition coefficient (Wildman–Crippen LogP) is 1.54. The van der Waals surface area contributed by atoms with Crippen molar-refractivity contribution in [1.82, 2.24) is 9.21 Å². The fourth-order valence-corrected chi connectivity index (χ4v) is 4.15. The van der Waals surface area contributed by atoms with E-state index in [2.05, 4.69) is 4.90 Å². The van der Waals surface area contributed by atoms with Crippen molar-refractivity contribution in [3.8, 4) is 6.07 Å². The van der Waals surface area contributed by atoms with Gasteiger partial charge in [-0.2, -0.15) is 9.57 Å². The summed E-state index contributed by atoms with van der Waals surface area (Å²) in [5.74, 6) is 0. The lowest BCUT2D eigenvalue weighted by molar-refractivity contribution is 0.0363. The number of ether oxygens (including phenoxy) is 1. The van der Waals surface area contributed by atoms with E-state index < -0.39 is 10.0 Å². The maximum absolute atomic E-state index is 12.9. The van der Waals surface area contributed by atoms with E-state index in [1.54, 1.807) is 12.1 Å².